The number of hydrogen-bond donors (Lipinski definition) is 1. The standard InChI is InChI=1S/C25H24ClN3S/c26-22-10-8-21(9-11-22)24-18-30-25(28-23-12-6-20(7-13-23)14-16-27)29(24)17-15-19-4-2-1-3-5-19/h1-13,18H,14-17,27H2. The molecule has 0 saturated carbocycles. The van der Waals surface area contributed by atoms with E-state index in [1.165, 1.54) is 11.1 Å². The Kier molecular flexibility index (Phi) is 6.80. The molecule has 0 bridgehead atoms. The van der Waals surface area contributed by atoms with E-state index in [0.717, 1.165) is 46.2 Å². The van der Waals surface area contributed by atoms with Crippen LogP contribution in [0.5, 0.6) is 0 Å². The van der Waals surface area contributed by atoms with E-state index in [4.69, 9.17) is 22.3 Å². The lowest BCUT2D eigenvalue weighted by molar-refractivity contribution is 0.684. The summed E-state index contributed by atoms with van der Waals surface area (Å²) < 4.78 is 2.30. The molecule has 152 valence electrons. The van der Waals surface area contributed by atoms with Gasteiger partial charge in [0.1, 0.15) is 0 Å². The van der Waals surface area contributed by atoms with Crippen molar-refractivity contribution in [3.63, 3.8) is 0 Å². The van der Waals surface area contributed by atoms with Crippen molar-refractivity contribution >= 4 is 28.6 Å². The topological polar surface area (TPSA) is 43.3 Å². The molecule has 5 heteroatoms. The third-order valence-corrected chi connectivity index (χ3v) is 6.11. The molecule has 30 heavy (non-hydrogen) atoms. The smallest absolute Gasteiger partial charge is 0.190 e. The summed E-state index contributed by atoms with van der Waals surface area (Å²) in [5.41, 5.74) is 11.5. The summed E-state index contributed by atoms with van der Waals surface area (Å²) in [6.45, 7) is 1.51. The molecule has 3 nitrogen and oxygen atoms in total. The van der Waals surface area contributed by atoms with Crippen LogP contribution in [0, 0.1) is 0 Å². The number of nitrogens with zero attached hydrogens (tertiary/aromatic N) is 2. The van der Waals surface area contributed by atoms with Gasteiger partial charge in [0, 0.05) is 16.9 Å². The van der Waals surface area contributed by atoms with Crippen molar-refractivity contribution in [2.45, 2.75) is 19.4 Å². The van der Waals surface area contributed by atoms with Gasteiger partial charge < -0.3 is 10.3 Å². The van der Waals surface area contributed by atoms with E-state index < -0.39 is 0 Å². The van der Waals surface area contributed by atoms with Crippen molar-refractivity contribution in [2.75, 3.05) is 6.54 Å². The van der Waals surface area contributed by atoms with E-state index in [0.29, 0.717) is 6.54 Å². The predicted molar refractivity (Wildman–Crippen MR) is 127 cm³/mol. The van der Waals surface area contributed by atoms with E-state index in [2.05, 4.69) is 76.7 Å². The zero-order valence-corrected chi connectivity index (χ0v) is 18.2. The number of benzene rings is 3. The van der Waals surface area contributed by atoms with Gasteiger partial charge in [-0.1, -0.05) is 66.2 Å². The molecular weight excluding hydrogens is 410 g/mol. The van der Waals surface area contributed by atoms with Gasteiger partial charge in [0.15, 0.2) is 4.80 Å². The Bertz CT molecular complexity index is 1140. The highest BCUT2D eigenvalue weighted by molar-refractivity contribution is 7.07. The van der Waals surface area contributed by atoms with Crippen LogP contribution >= 0.6 is 22.9 Å². The summed E-state index contributed by atoms with van der Waals surface area (Å²) in [6, 6.07) is 26.9. The number of halogens is 1. The zero-order valence-electron chi connectivity index (χ0n) is 16.7. The molecule has 3 aromatic carbocycles. The Labute approximate surface area is 186 Å². The third kappa shape index (κ3) is 5.08. The van der Waals surface area contributed by atoms with Crippen LogP contribution in [0.4, 0.5) is 5.69 Å². The van der Waals surface area contributed by atoms with Gasteiger partial charge in [0.25, 0.3) is 0 Å². The quantitative estimate of drug-likeness (QED) is 0.390. The SMILES string of the molecule is NCCc1ccc(N=c2scc(-c3ccc(Cl)cc3)n2CCc2ccccc2)cc1. The van der Waals surface area contributed by atoms with Crippen LogP contribution in [-0.4, -0.2) is 11.1 Å². The Morgan fingerprint density at radius 3 is 2.23 bits per heavy atom. The maximum absolute atomic E-state index is 6.10. The Morgan fingerprint density at radius 2 is 1.53 bits per heavy atom. The fourth-order valence-electron chi connectivity index (χ4n) is 3.39. The second kappa shape index (κ2) is 9.90. The van der Waals surface area contributed by atoms with Crippen molar-refractivity contribution < 1.29 is 0 Å². The largest absolute Gasteiger partial charge is 0.330 e. The minimum absolute atomic E-state index is 0.658. The van der Waals surface area contributed by atoms with Gasteiger partial charge >= 0.3 is 0 Å². The Hall–Kier alpha value is -2.66. The lowest BCUT2D eigenvalue weighted by atomic mass is 10.1. The molecular formula is C25H24ClN3S. The summed E-state index contributed by atoms with van der Waals surface area (Å²) in [6.07, 6.45) is 1.83. The molecule has 0 aliphatic carbocycles. The highest BCUT2D eigenvalue weighted by Crippen LogP contribution is 2.23. The minimum Gasteiger partial charge on any atom is -0.330 e. The molecule has 0 spiro atoms. The van der Waals surface area contributed by atoms with Gasteiger partial charge in [-0.05, 0) is 60.3 Å². The van der Waals surface area contributed by atoms with Crippen molar-refractivity contribution in [3.8, 4) is 11.3 Å². The Morgan fingerprint density at radius 1 is 0.833 bits per heavy atom. The molecule has 0 amide bonds. The minimum atomic E-state index is 0.658. The summed E-state index contributed by atoms with van der Waals surface area (Å²) in [7, 11) is 0. The van der Waals surface area contributed by atoms with Gasteiger partial charge in [0.05, 0.1) is 11.4 Å². The average Bonchev–Trinajstić information content (AvgIpc) is 3.17. The third-order valence-electron chi connectivity index (χ3n) is 5.00. The zero-order chi connectivity index (χ0) is 20.8. The van der Waals surface area contributed by atoms with Crippen molar-refractivity contribution in [2.24, 2.45) is 10.7 Å². The Balaban J connectivity index is 1.71. The van der Waals surface area contributed by atoms with Crippen molar-refractivity contribution in [1.29, 1.82) is 0 Å². The highest BCUT2D eigenvalue weighted by atomic mass is 35.5. The predicted octanol–water partition coefficient (Wildman–Crippen LogP) is 5.85. The lowest BCUT2D eigenvalue weighted by Gasteiger charge is -2.10. The molecule has 0 aliphatic rings. The fourth-order valence-corrected chi connectivity index (χ4v) is 4.47. The average molecular weight is 434 g/mol. The maximum Gasteiger partial charge on any atom is 0.190 e. The van der Waals surface area contributed by atoms with E-state index in [9.17, 15) is 0 Å². The molecule has 1 heterocycles. The first-order valence-electron chi connectivity index (χ1n) is 10.0. The summed E-state index contributed by atoms with van der Waals surface area (Å²) in [5, 5.41) is 2.92. The first-order valence-corrected chi connectivity index (χ1v) is 11.3. The molecule has 1 aromatic heterocycles. The molecule has 4 rings (SSSR count). The van der Waals surface area contributed by atoms with Gasteiger partial charge in [-0.25, -0.2) is 4.99 Å². The van der Waals surface area contributed by atoms with Gasteiger partial charge in [-0.2, -0.15) is 0 Å². The van der Waals surface area contributed by atoms with Gasteiger partial charge in [-0.3, -0.25) is 0 Å². The lowest BCUT2D eigenvalue weighted by Crippen LogP contribution is -2.17. The second-order valence-corrected chi connectivity index (χ2v) is 8.39. The summed E-state index contributed by atoms with van der Waals surface area (Å²) >= 11 is 7.76. The first kappa shape index (κ1) is 20.6. The number of rotatable bonds is 7. The summed E-state index contributed by atoms with van der Waals surface area (Å²) in [5.74, 6) is 0. The van der Waals surface area contributed by atoms with Crippen molar-refractivity contribution in [1.82, 2.24) is 4.57 Å². The normalized spacial score (nSPS) is 11.7. The van der Waals surface area contributed by atoms with Gasteiger partial charge in [0.2, 0.25) is 0 Å². The van der Waals surface area contributed by atoms with Crippen LogP contribution in [0.2, 0.25) is 5.02 Å². The van der Waals surface area contributed by atoms with Gasteiger partial charge in [-0.15, -0.1) is 11.3 Å². The van der Waals surface area contributed by atoms with Crippen LogP contribution < -0.4 is 10.5 Å². The molecule has 0 saturated heterocycles. The maximum atomic E-state index is 6.10. The van der Waals surface area contributed by atoms with Crippen LogP contribution in [0.15, 0.2) is 89.2 Å². The van der Waals surface area contributed by atoms with Crippen LogP contribution in [0.1, 0.15) is 11.1 Å². The van der Waals surface area contributed by atoms with Crippen LogP contribution in [0.25, 0.3) is 11.3 Å². The van der Waals surface area contributed by atoms with Crippen molar-refractivity contribution in [3.05, 3.63) is 105 Å². The molecule has 0 atom stereocenters. The number of nitrogens with two attached hydrogens (primary N) is 1. The molecule has 0 unspecified atom stereocenters. The first-order chi connectivity index (χ1) is 14.7. The molecule has 2 N–H and O–H groups in total. The van der Waals surface area contributed by atoms with E-state index in [1.807, 2.05) is 12.1 Å². The number of aromatic nitrogens is 1. The molecule has 0 fully saturated rings. The number of thiazole rings is 1. The fraction of sp³-hybridized carbons (Fsp3) is 0.160. The molecule has 0 radical (unpaired) electrons. The number of hydrogen-bond acceptors (Lipinski definition) is 3. The van der Waals surface area contributed by atoms with Crippen LogP contribution in [0.3, 0.4) is 0 Å². The van der Waals surface area contributed by atoms with E-state index >= 15 is 0 Å². The van der Waals surface area contributed by atoms with Crippen LogP contribution in [-0.2, 0) is 19.4 Å². The monoisotopic (exact) mass is 433 g/mol. The highest BCUT2D eigenvalue weighted by Gasteiger charge is 2.09. The van der Waals surface area contributed by atoms with E-state index in [1.54, 1.807) is 11.3 Å². The second-order valence-electron chi connectivity index (χ2n) is 7.11. The molecule has 4 aromatic rings. The summed E-state index contributed by atoms with van der Waals surface area (Å²) in [4.78, 5) is 5.93. The number of aryl methyl sites for hydroxylation is 1. The molecule has 0 aliphatic heterocycles. The van der Waals surface area contributed by atoms with E-state index in [-0.39, 0.29) is 0 Å².